The minimum atomic E-state index is 0.130. The Balaban J connectivity index is 2.07. The second-order valence-corrected chi connectivity index (χ2v) is 6.70. The zero-order valence-corrected chi connectivity index (χ0v) is 12.8. The number of hydrogen-bond acceptors (Lipinski definition) is 2. The van der Waals surface area contributed by atoms with Crippen molar-refractivity contribution in [3.63, 3.8) is 0 Å². The Hall–Kier alpha value is -1.02. The molecule has 0 N–H and O–H groups in total. The maximum absolute atomic E-state index is 6.11. The average Bonchev–Trinajstić information content (AvgIpc) is 2.36. The summed E-state index contributed by atoms with van der Waals surface area (Å²) in [4.78, 5) is 2.41. The summed E-state index contributed by atoms with van der Waals surface area (Å²) in [6.07, 6.45) is 3.99. The standard InChI is InChI=1S/C17H27NO/c1-14-8-9-15(17(2,3)4)16(12-14)19-13-18-10-6-5-7-11-18/h8-9,12H,5-7,10-11,13H2,1-4H3. The van der Waals surface area contributed by atoms with E-state index in [0.717, 1.165) is 12.5 Å². The summed E-state index contributed by atoms with van der Waals surface area (Å²) < 4.78 is 6.11. The van der Waals surface area contributed by atoms with Crippen LogP contribution in [0.4, 0.5) is 0 Å². The molecule has 1 heterocycles. The second-order valence-electron chi connectivity index (χ2n) is 6.70. The molecule has 0 amide bonds. The molecule has 0 spiro atoms. The van der Waals surface area contributed by atoms with Gasteiger partial charge in [-0.15, -0.1) is 0 Å². The molecule has 0 unspecified atom stereocenters. The third-order valence-corrected chi connectivity index (χ3v) is 3.80. The Morgan fingerprint density at radius 1 is 1.11 bits per heavy atom. The molecule has 0 saturated carbocycles. The lowest BCUT2D eigenvalue weighted by Crippen LogP contribution is -2.33. The molecular formula is C17H27NO. The molecule has 1 aliphatic heterocycles. The number of benzene rings is 1. The van der Waals surface area contributed by atoms with Crippen LogP contribution < -0.4 is 4.74 Å². The van der Waals surface area contributed by atoms with Crippen LogP contribution in [0.25, 0.3) is 0 Å². The zero-order chi connectivity index (χ0) is 13.9. The van der Waals surface area contributed by atoms with Gasteiger partial charge in [-0.05, 0) is 42.4 Å². The first-order valence-corrected chi connectivity index (χ1v) is 7.43. The van der Waals surface area contributed by atoms with E-state index in [-0.39, 0.29) is 5.41 Å². The summed E-state index contributed by atoms with van der Waals surface area (Å²) in [5.41, 5.74) is 2.70. The molecule has 0 atom stereocenters. The van der Waals surface area contributed by atoms with E-state index in [2.05, 4.69) is 50.8 Å². The van der Waals surface area contributed by atoms with Crippen LogP contribution >= 0.6 is 0 Å². The lowest BCUT2D eigenvalue weighted by Gasteiger charge is -2.28. The summed E-state index contributed by atoms with van der Waals surface area (Å²) in [6, 6.07) is 6.56. The molecule has 1 saturated heterocycles. The fourth-order valence-corrected chi connectivity index (χ4v) is 2.62. The highest BCUT2D eigenvalue weighted by Gasteiger charge is 2.19. The molecule has 2 rings (SSSR count). The van der Waals surface area contributed by atoms with Gasteiger partial charge in [-0.3, -0.25) is 4.90 Å². The maximum Gasteiger partial charge on any atom is 0.142 e. The third kappa shape index (κ3) is 3.97. The van der Waals surface area contributed by atoms with Gasteiger partial charge >= 0.3 is 0 Å². The van der Waals surface area contributed by atoms with Gasteiger partial charge in [-0.2, -0.15) is 0 Å². The van der Waals surface area contributed by atoms with Crippen LogP contribution in [-0.2, 0) is 5.41 Å². The largest absolute Gasteiger partial charge is 0.478 e. The molecule has 2 nitrogen and oxygen atoms in total. The van der Waals surface area contributed by atoms with Crippen LogP contribution in [0.15, 0.2) is 18.2 Å². The van der Waals surface area contributed by atoms with Crippen LogP contribution in [0.1, 0.15) is 51.2 Å². The van der Waals surface area contributed by atoms with E-state index < -0.39 is 0 Å². The van der Waals surface area contributed by atoms with Gasteiger partial charge in [-0.25, -0.2) is 0 Å². The Bertz CT molecular complexity index is 414. The molecule has 106 valence electrons. The smallest absolute Gasteiger partial charge is 0.142 e. The lowest BCUT2D eigenvalue weighted by atomic mass is 9.86. The normalized spacial score (nSPS) is 17.5. The number of aryl methyl sites for hydroxylation is 1. The molecule has 1 aromatic rings. The van der Waals surface area contributed by atoms with Crippen molar-refractivity contribution >= 4 is 0 Å². The monoisotopic (exact) mass is 261 g/mol. The number of ether oxygens (including phenoxy) is 1. The van der Waals surface area contributed by atoms with Crippen LogP contribution in [0, 0.1) is 6.92 Å². The van der Waals surface area contributed by atoms with Crippen molar-refractivity contribution < 1.29 is 4.74 Å². The molecule has 1 fully saturated rings. The molecule has 0 aliphatic carbocycles. The number of piperidine rings is 1. The van der Waals surface area contributed by atoms with Gasteiger partial charge in [-0.1, -0.05) is 39.3 Å². The van der Waals surface area contributed by atoms with E-state index in [1.807, 2.05) is 0 Å². The Labute approximate surface area is 117 Å². The molecule has 2 heteroatoms. The summed E-state index contributed by atoms with van der Waals surface area (Å²) >= 11 is 0. The fourth-order valence-electron chi connectivity index (χ4n) is 2.62. The number of likely N-dealkylation sites (tertiary alicyclic amines) is 1. The first-order chi connectivity index (χ1) is 8.97. The minimum absolute atomic E-state index is 0.130. The van der Waals surface area contributed by atoms with Crippen molar-refractivity contribution in [2.75, 3.05) is 19.8 Å². The van der Waals surface area contributed by atoms with Gasteiger partial charge in [0.05, 0.1) is 0 Å². The van der Waals surface area contributed by atoms with E-state index in [0.29, 0.717) is 0 Å². The van der Waals surface area contributed by atoms with Crippen LogP contribution in [0.2, 0.25) is 0 Å². The predicted octanol–water partition coefficient (Wildman–Crippen LogP) is 4.11. The topological polar surface area (TPSA) is 12.5 Å². The maximum atomic E-state index is 6.11. The Morgan fingerprint density at radius 3 is 2.42 bits per heavy atom. The van der Waals surface area contributed by atoms with Gasteiger partial charge in [0.1, 0.15) is 12.5 Å². The minimum Gasteiger partial charge on any atom is -0.478 e. The summed E-state index contributed by atoms with van der Waals surface area (Å²) in [7, 11) is 0. The van der Waals surface area contributed by atoms with Gasteiger partial charge in [0.15, 0.2) is 0 Å². The quantitative estimate of drug-likeness (QED) is 0.811. The Morgan fingerprint density at radius 2 is 1.79 bits per heavy atom. The van der Waals surface area contributed by atoms with Crippen molar-refractivity contribution in [3.05, 3.63) is 29.3 Å². The molecule has 19 heavy (non-hydrogen) atoms. The first kappa shape index (κ1) is 14.4. The molecule has 0 radical (unpaired) electrons. The molecule has 0 bridgehead atoms. The van der Waals surface area contributed by atoms with Gasteiger partial charge < -0.3 is 4.74 Å². The molecular weight excluding hydrogens is 234 g/mol. The van der Waals surface area contributed by atoms with Crippen molar-refractivity contribution in [1.29, 1.82) is 0 Å². The zero-order valence-electron chi connectivity index (χ0n) is 12.8. The number of rotatable bonds is 3. The summed E-state index contributed by atoms with van der Waals surface area (Å²) in [5.74, 6) is 1.05. The highest BCUT2D eigenvalue weighted by molar-refractivity contribution is 5.41. The van der Waals surface area contributed by atoms with E-state index in [1.165, 1.54) is 43.5 Å². The average molecular weight is 261 g/mol. The second kappa shape index (κ2) is 5.96. The number of nitrogens with zero attached hydrogens (tertiary/aromatic N) is 1. The van der Waals surface area contributed by atoms with E-state index in [1.54, 1.807) is 0 Å². The van der Waals surface area contributed by atoms with Crippen molar-refractivity contribution in [2.45, 2.75) is 52.4 Å². The van der Waals surface area contributed by atoms with Crippen LogP contribution in [0.3, 0.4) is 0 Å². The van der Waals surface area contributed by atoms with Crippen LogP contribution in [0.5, 0.6) is 5.75 Å². The molecule has 0 aromatic heterocycles. The highest BCUT2D eigenvalue weighted by atomic mass is 16.5. The van der Waals surface area contributed by atoms with Crippen molar-refractivity contribution in [1.82, 2.24) is 4.90 Å². The number of hydrogen-bond donors (Lipinski definition) is 0. The van der Waals surface area contributed by atoms with Gasteiger partial charge in [0.25, 0.3) is 0 Å². The van der Waals surface area contributed by atoms with E-state index >= 15 is 0 Å². The van der Waals surface area contributed by atoms with E-state index in [4.69, 9.17) is 4.74 Å². The lowest BCUT2D eigenvalue weighted by molar-refractivity contribution is 0.105. The first-order valence-electron chi connectivity index (χ1n) is 7.43. The van der Waals surface area contributed by atoms with Crippen LogP contribution in [-0.4, -0.2) is 24.7 Å². The summed E-state index contributed by atoms with van der Waals surface area (Å²) in [5, 5.41) is 0. The highest BCUT2D eigenvalue weighted by Crippen LogP contribution is 2.32. The van der Waals surface area contributed by atoms with Gasteiger partial charge in [0.2, 0.25) is 0 Å². The third-order valence-electron chi connectivity index (χ3n) is 3.80. The van der Waals surface area contributed by atoms with Crippen molar-refractivity contribution in [3.8, 4) is 5.75 Å². The van der Waals surface area contributed by atoms with E-state index in [9.17, 15) is 0 Å². The fraction of sp³-hybridized carbons (Fsp3) is 0.647. The SMILES string of the molecule is Cc1ccc(C(C)(C)C)c(OCN2CCCCC2)c1. The Kier molecular flexibility index (Phi) is 4.51. The van der Waals surface area contributed by atoms with Crippen molar-refractivity contribution in [2.24, 2.45) is 0 Å². The summed E-state index contributed by atoms with van der Waals surface area (Å²) in [6.45, 7) is 11.9. The molecule has 1 aromatic carbocycles. The van der Waals surface area contributed by atoms with Gasteiger partial charge in [0, 0.05) is 13.1 Å². The molecule has 1 aliphatic rings. The predicted molar refractivity (Wildman–Crippen MR) is 80.8 cm³/mol.